The second-order valence-corrected chi connectivity index (χ2v) is 8.92. The molecule has 2 heterocycles. The Kier molecular flexibility index (Phi) is 4.29. The predicted molar refractivity (Wildman–Crippen MR) is 113 cm³/mol. The van der Waals surface area contributed by atoms with Gasteiger partial charge in [-0.1, -0.05) is 30.3 Å². The van der Waals surface area contributed by atoms with E-state index >= 15 is 0 Å². The molecular formula is C24H25N3O3. The molecule has 30 heavy (non-hydrogen) atoms. The van der Waals surface area contributed by atoms with E-state index in [4.69, 9.17) is 4.42 Å². The first-order valence-electron chi connectivity index (χ1n) is 10.4. The van der Waals surface area contributed by atoms with Crippen LogP contribution in [-0.2, 0) is 6.54 Å². The molecule has 2 aliphatic rings. The van der Waals surface area contributed by atoms with Gasteiger partial charge in [0.25, 0.3) is 5.91 Å². The van der Waals surface area contributed by atoms with Crippen molar-refractivity contribution in [2.24, 2.45) is 5.92 Å². The molecule has 0 radical (unpaired) electrons. The van der Waals surface area contributed by atoms with Crippen LogP contribution in [0, 0.1) is 12.8 Å². The van der Waals surface area contributed by atoms with Gasteiger partial charge in [-0.25, -0.2) is 0 Å². The first-order chi connectivity index (χ1) is 14.3. The van der Waals surface area contributed by atoms with E-state index in [1.165, 1.54) is 0 Å². The van der Waals surface area contributed by atoms with Crippen molar-refractivity contribution in [3.63, 3.8) is 0 Å². The lowest BCUT2D eigenvalue weighted by atomic mass is 9.92. The van der Waals surface area contributed by atoms with Gasteiger partial charge in [0, 0.05) is 19.0 Å². The molecule has 1 atom stereocenters. The number of rotatable bonds is 5. The molecule has 1 unspecified atom stereocenters. The first-order valence-corrected chi connectivity index (χ1v) is 10.4. The Hall–Kier alpha value is -2.99. The highest BCUT2D eigenvalue weighted by molar-refractivity contribution is 6.05. The smallest absolute Gasteiger partial charge is 0.255 e. The number of nitrogens with zero attached hydrogens (tertiary/aromatic N) is 3. The summed E-state index contributed by atoms with van der Waals surface area (Å²) in [4.78, 5) is 15.4. The number of fused-ring (bicyclic) bond motifs is 1. The maximum Gasteiger partial charge on any atom is 0.255 e. The van der Waals surface area contributed by atoms with Crippen molar-refractivity contribution in [1.29, 1.82) is 0 Å². The Balaban J connectivity index is 1.55. The Morgan fingerprint density at radius 1 is 1.13 bits per heavy atom. The molecule has 3 aromatic rings. The highest BCUT2D eigenvalue weighted by Crippen LogP contribution is 2.44. The molecule has 2 aromatic carbocycles. The van der Waals surface area contributed by atoms with Crippen LogP contribution >= 0.6 is 0 Å². The summed E-state index contributed by atoms with van der Waals surface area (Å²) < 4.78 is 5.57. The molecule has 1 aliphatic carbocycles. The quantitative estimate of drug-likeness (QED) is 0.690. The molecule has 0 saturated heterocycles. The number of benzene rings is 2. The largest absolute Gasteiger partial charge is 0.421 e. The lowest BCUT2D eigenvalue weighted by molar-refractivity contribution is -0.0224. The topological polar surface area (TPSA) is 79.5 Å². The van der Waals surface area contributed by atoms with Crippen LogP contribution in [0.25, 0.3) is 22.6 Å². The molecule has 1 saturated carbocycles. The molecule has 1 fully saturated rings. The van der Waals surface area contributed by atoms with Gasteiger partial charge in [0.2, 0.25) is 11.8 Å². The zero-order valence-electron chi connectivity index (χ0n) is 17.4. The van der Waals surface area contributed by atoms with E-state index in [1.807, 2.05) is 61.2 Å². The summed E-state index contributed by atoms with van der Waals surface area (Å²) in [5, 5.41) is 18.8. The zero-order chi connectivity index (χ0) is 21.0. The fourth-order valence-corrected chi connectivity index (χ4v) is 4.71. The Labute approximate surface area is 175 Å². The van der Waals surface area contributed by atoms with E-state index in [0.29, 0.717) is 24.2 Å². The van der Waals surface area contributed by atoms with E-state index in [9.17, 15) is 9.90 Å². The number of aryl methyl sites for hydroxylation is 1. The number of aromatic nitrogens is 2. The Morgan fingerprint density at radius 3 is 2.53 bits per heavy atom. The Morgan fingerprint density at radius 2 is 1.87 bits per heavy atom. The van der Waals surface area contributed by atoms with Crippen LogP contribution in [0.1, 0.15) is 48.5 Å². The van der Waals surface area contributed by atoms with Crippen LogP contribution in [0.2, 0.25) is 0 Å². The maximum atomic E-state index is 13.5. The van der Waals surface area contributed by atoms with Crippen LogP contribution < -0.4 is 0 Å². The van der Waals surface area contributed by atoms with Gasteiger partial charge in [0.15, 0.2) is 0 Å². The van der Waals surface area contributed by atoms with Gasteiger partial charge in [-0.05, 0) is 61.4 Å². The van der Waals surface area contributed by atoms with Gasteiger partial charge in [0.05, 0.1) is 17.2 Å². The summed E-state index contributed by atoms with van der Waals surface area (Å²) in [5.74, 6) is 1.35. The van der Waals surface area contributed by atoms with Crippen LogP contribution in [0.5, 0.6) is 0 Å². The molecule has 5 rings (SSSR count). The van der Waals surface area contributed by atoms with E-state index in [-0.39, 0.29) is 11.9 Å². The van der Waals surface area contributed by atoms with Gasteiger partial charge in [-0.2, -0.15) is 0 Å². The summed E-state index contributed by atoms with van der Waals surface area (Å²) >= 11 is 0. The monoisotopic (exact) mass is 403 g/mol. The fourth-order valence-electron chi connectivity index (χ4n) is 4.71. The van der Waals surface area contributed by atoms with Crippen LogP contribution in [0.15, 0.2) is 46.9 Å². The van der Waals surface area contributed by atoms with Crippen LogP contribution in [-0.4, -0.2) is 37.8 Å². The fraction of sp³-hybridized carbons (Fsp3) is 0.375. The number of amides is 1. The van der Waals surface area contributed by atoms with Crippen molar-refractivity contribution < 1.29 is 14.3 Å². The van der Waals surface area contributed by atoms with Gasteiger partial charge < -0.3 is 14.4 Å². The van der Waals surface area contributed by atoms with Gasteiger partial charge in [-0.15, -0.1) is 10.2 Å². The molecule has 6 heteroatoms. The third kappa shape index (κ3) is 3.21. The molecule has 1 aliphatic heterocycles. The second-order valence-electron chi connectivity index (χ2n) is 8.92. The highest BCUT2D eigenvalue weighted by Gasteiger charge is 2.48. The number of aliphatic hydroxyl groups is 1. The molecular weight excluding hydrogens is 378 g/mol. The van der Waals surface area contributed by atoms with E-state index in [0.717, 1.165) is 40.7 Å². The van der Waals surface area contributed by atoms with Gasteiger partial charge in [-0.3, -0.25) is 4.79 Å². The SMILES string of the molecule is Cc1nnc(-c2cccc(-c3cccc4c3C(=O)N(C(C3CC3)C(C)(C)O)C4)c2)o1. The summed E-state index contributed by atoms with van der Waals surface area (Å²) in [6.45, 7) is 5.92. The molecule has 1 N–H and O–H groups in total. The highest BCUT2D eigenvalue weighted by atomic mass is 16.4. The summed E-state index contributed by atoms with van der Waals surface area (Å²) in [5.41, 5.74) is 3.44. The van der Waals surface area contributed by atoms with E-state index in [1.54, 1.807) is 6.92 Å². The van der Waals surface area contributed by atoms with Gasteiger partial charge >= 0.3 is 0 Å². The molecule has 1 aromatic heterocycles. The van der Waals surface area contributed by atoms with Crippen molar-refractivity contribution in [2.75, 3.05) is 0 Å². The van der Waals surface area contributed by atoms with Gasteiger partial charge in [0.1, 0.15) is 0 Å². The molecule has 1 amide bonds. The minimum Gasteiger partial charge on any atom is -0.421 e. The predicted octanol–water partition coefficient (Wildman–Crippen LogP) is 4.22. The number of hydrogen-bond acceptors (Lipinski definition) is 5. The standard InChI is InChI=1S/C24H25N3O3/c1-14-25-26-22(30-14)17-7-4-6-16(12-17)19-9-5-8-18-13-27(23(28)20(18)19)21(15-10-11-15)24(2,3)29/h4-9,12,15,21,29H,10-11,13H2,1-3H3. The summed E-state index contributed by atoms with van der Waals surface area (Å²) in [6.07, 6.45) is 2.13. The minimum absolute atomic E-state index is 0.00124. The third-order valence-electron chi connectivity index (χ3n) is 6.04. The lowest BCUT2D eigenvalue weighted by Crippen LogP contribution is -2.51. The maximum absolute atomic E-state index is 13.5. The van der Waals surface area contributed by atoms with E-state index in [2.05, 4.69) is 10.2 Å². The van der Waals surface area contributed by atoms with Crippen molar-refractivity contribution >= 4 is 5.91 Å². The van der Waals surface area contributed by atoms with Crippen molar-refractivity contribution in [3.8, 4) is 22.6 Å². The lowest BCUT2D eigenvalue weighted by Gasteiger charge is -2.37. The van der Waals surface area contributed by atoms with Crippen molar-refractivity contribution in [2.45, 2.75) is 51.8 Å². The molecule has 6 nitrogen and oxygen atoms in total. The van der Waals surface area contributed by atoms with Crippen molar-refractivity contribution in [3.05, 3.63) is 59.5 Å². The number of carbonyl (C=O) groups is 1. The first kappa shape index (κ1) is 19.0. The van der Waals surface area contributed by atoms with Crippen LogP contribution in [0.4, 0.5) is 0 Å². The third-order valence-corrected chi connectivity index (χ3v) is 6.04. The molecule has 0 spiro atoms. The van der Waals surface area contributed by atoms with E-state index < -0.39 is 5.60 Å². The normalized spacial score (nSPS) is 17.3. The average Bonchev–Trinajstić information content (AvgIpc) is 3.35. The summed E-state index contributed by atoms with van der Waals surface area (Å²) in [6, 6.07) is 13.6. The molecule has 154 valence electrons. The number of carbonyl (C=O) groups excluding carboxylic acids is 1. The second kappa shape index (κ2) is 6.77. The summed E-state index contributed by atoms with van der Waals surface area (Å²) in [7, 11) is 0. The average molecular weight is 403 g/mol. The molecule has 0 bridgehead atoms. The van der Waals surface area contributed by atoms with Crippen LogP contribution in [0.3, 0.4) is 0 Å². The Bertz CT molecular complexity index is 1120. The zero-order valence-corrected chi connectivity index (χ0v) is 17.4. The minimum atomic E-state index is -0.936. The van der Waals surface area contributed by atoms with Crippen molar-refractivity contribution in [1.82, 2.24) is 15.1 Å². The number of hydrogen-bond donors (Lipinski definition) is 1.